The smallest absolute Gasteiger partial charge is 0.281 e. The Balaban J connectivity index is 0.000000175. The van der Waals surface area contributed by atoms with E-state index in [2.05, 4.69) is 39.5 Å². The fraction of sp³-hybridized carbons (Fsp3) is 0.243. The molecule has 0 saturated carbocycles. The van der Waals surface area contributed by atoms with Crippen LogP contribution in [0, 0.1) is 55.4 Å². The number of sulfonamides is 3. The average molecular weight is 1980 g/mol. The van der Waals surface area contributed by atoms with Crippen molar-refractivity contribution in [1.82, 2.24) is 53.7 Å². The first kappa shape index (κ1) is 102. The van der Waals surface area contributed by atoms with Crippen LogP contribution in [0.2, 0.25) is 15.1 Å². The van der Waals surface area contributed by atoms with Crippen molar-refractivity contribution in [1.29, 1.82) is 0 Å². The number of carbonyl (C=O) groups is 4. The molecule has 0 aliphatic rings. The SMILES string of the molecule is Cc1cc(OCCCc2c(C(=O)NS(=O)(=O)CCN(C/C=C/c3ccccc3)C/C=C/c3ccccc3)[nH]c3ccccc23)cc(C)c1Cl.Cc1cc(OCCCc2c(C(=O)NS(=O)(=O)CCNC(=O)c3cccn3Cc3ccccc3)[nH]c3ccccc23)cc(C)c1Cl.Cc1cccc(S(=O)(=O)NC(=O)c2[nH]c3c(-c4c(CO)nn(C)c4C)cccc3c2CCCOc2cc(C)c(Cl)c(C)c2)c1. The van der Waals surface area contributed by atoms with Gasteiger partial charge in [0.25, 0.3) is 33.7 Å². The molecule has 5 heterocycles. The lowest BCUT2D eigenvalue weighted by atomic mass is 9.98. The van der Waals surface area contributed by atoms with Crippen LogP contribution in [0.1, 0.15) is 145 Å². The Kier molecular flexibility index (Phi) is 34.9. The predicted octanol–water partition coefficient (Wildman–Crippen LogP) is 20.1. The van der Waals surface area contributed by atoms with Crippen molar-refractivity contribution in [3.63, 3.8) is 0 Å². The van der Waals surface area contributed by atoms with E-state index < -0.39 is 59.5 Å². The number of nitrogens with one attached hydrogen (secondary N) is 7. The number of aromatic nitrogens is 6. The van der Waals surface area contributed by atoms with Gasteiger partial charge in [-0.05, 0) is 239 Å². The topological polar surface area (TPSA) is 340 Å². The van der Waals surface area contributed by atoms with E-state index in [9.17, 15) is 49.5 Å². The number of amides is 4. The van der Waals surface area contributed by atoms with Crippen LogP contribution in [0.25, 0.3) is 56.0 Å². The molecule has 138 heavy (non-hydrogen) atoms. The van der Waals surface area contributed by atoms with Gasteiger partial charge in [-0.3, -0.25) is 28.8 Å². The summed E-state index contributed by atoms with van der Waals surface area (Å²) in [6.45, 7) is 17.9. The van der Waals surface area contributed by atoms with Crippen molar-refractivity contribution in [2.45, 2.75) is 112 Å². The normalized spacial score (nSPS) is 11.7. The van der Waals surface area contributed by atoms with Crippen LogP contribution >= 0.6 is 34.8 Å². The minimum absolute atomic E-state index is 0.00437. The maximum atomic E-state index is 13.7. The van der Waals surface area contributed by atoms with Crippen molar-refractivity contribution in [3.05, 3.63) is 370 Å². The van der Waals surface area contributed by atoms with Gasteiger partial charge in [0, 0.05) is 105 Å². The van der Waals surface area contributed by atoms with Crippen LogP contribution in [-0.4, -0.2) is 146 Å². The van der Waals surface area contributed by atoms with E-state index in [-0.39, 0.29) is 47.4 Å². The predicted molar refractivity (Wildman–Crippen MR) is 550 cm³/mol. The summed E-state index contributed by atoms with van der Waals surface area (Å²) < 4.78 is 107. The number of rotatable bonds is 39. The molecule has 0 unspecified atom stereocenters. The van der Waals surface area contributed by atoms with Gasteiger partial charge in [0.1, 0.15) is 40.0 Å². The Bertz CT molecular complexity index is 7200. The van der Waals surface area contributed by atoms with Gasteiger partial charge in [-0.15, -0.1) is 0 Å². The largest absolute Gasteiger partial charge is 0.494 e. The summed E-state index contributed by atoms with van der Waals surface area (Å²) in [6, 6.07) is 71.5. The maximum Gasteiger partial charge on any atom is 0.281 e. The number of para-hydroxylation sites is 3. The van der Waals surface area contributed by atoms with E-state index in [0.29, 0.717) is 128 Å². The molecule has 15 rings (SSSR count). The molecular weight excluding hydrogens is 1870 g/mol. The van der Waals surface area contributed by atoms with Gasteiger partial charge in [-0.1, -0.05) is 217 Å². The first-order chi connectivity index (χ1) is 66.2. The molecule has 5 aromatic heterocycles. The molecule has 31 heteroatoms. The Morgan fingerprint density at radius 3 is 1.38 bits per heavy atom. The molecule has 0 saturated heterocycles. The van der Waals surface area contributed by atoms with E-state index >= 15 is 0 Å². The van der Waals surface area contributed by atoms with E-state index in [1.807, 2.05) is 272 Å². The highest BCUT2D eigenvalue weighted by atomic mass is 35.5. The summed E-state index contributed by atoms with van der Waals surface area (Å²) >= 11 is 18.9. The van der Waals surface area contributed by atoms with Crippen LogP contribution < -0.4 is 33.7 Å². The molecule has 0 aliphatic heterocycles. The molecule has 8 N–H and O–H groups in total. The molecule has 0 atom stereocenters. The highest BCUT2D eigenvalue weighted by molar-refractivity contribution is 7.90. The molecule has 0 bridgehead atoms. The summed E-state index contributed by atoms with van der Waals surface area (Å²) in [6.07, 6.45) is 13.1. The number of hydrogen-bond acceptors (Lipinski definition) is 16. The summed E-state index contributed by atoms with van der Waals surface area (Å²) in [5, 5.41) is 21.8. The lowest BCUT2D eigenvalue weighted by Gasteiger charge is -2.19. The third kappa shape index (κ3) is 26.9. The number of ether oxygens (including phenoxy) is 3. The quantitative estimate of drug-likeness (QED) is 0.0166. The first-order valence-electron chi connectivity index (χ1n) is 45.2. The third-order valence-corrected chi connectivity index (χ3v) is 29.0. The molecule has 0 spiro atoms. The summed E-state index contributed by atoms with van der Waals surface area (Å²) in [7, 11) is -10.3. The second-order valence-corrected chi connectivity index (χ2v) is 40.3. The lowest BCUT2D eigenvalue weighted by Crippen LogP contribution is -2.38. The van der Waals surface area contributed by atoms with Crippen LogP contribution in [0.5, 0.6) is 17.2 Å². The Morgan fingerprint density at radius 1 is 0.471 bits per heavy atom. The number of fused-ring (bicyclic) bond motifs is 3. The molecule has 4 amide bonds. The first-order valence-corrected chi connectivity index (χ1v) is 51.1. The molecule has 25 nitrogen and oxygen atoms in total. The third-order valence-electron chi connectivity index (χ3n) is 23.4. The molecule has 0 radical (unpaired) electrons. The highest BCUT2D eigenvalue weighted by Gasteiger charge is 2.30. The highest BCUT2D eigenvalue weighted by Crippen LogP contribution is 2.38. The van der Waals surface area contributed by atoms with Gasteiger partial charge >= 0.3 is 0 Å². The molecular formula is C107H112Cl3N11O14S3. The molecule has 0 aliphatic carbocycles. The van der Waals surface area contributed by atoms with Crippen LogP contribution in [0.3, 0.4) is 0 Å². The van der Waals surface area contributed by atoms with E-state index in [1.165, 1.54) is 12.1 Å². The molecule has 718 valence electrons. The summed E-state index contributed by atoms with van der Waals surface area (Å²) in [5.41, 5.74) is 17.6. The number of carbonyl (C=O) groups excluding carboxylic acids is 4. The summed E-state index contributed by atoms with van der Waals surface area (Å²) in [4.78, 5) is 64.8. The van der Waals surface area contributed by atoms with E-state index in [0.717, 1.165) is 116 Å². The monoisotopic (exact) mass is 1980 g/mol. The number of aliphatic hydroxyl groups excluding tert-OH is 1. The lowest BCUT2D eigenvalue weighted by molar-refractivity contribution is 0.0943. The standard InChI is InChI=1S/C40H42ClN3O4S.C34H35ClN4O5S.C33H35ClN4O5S/c1-30-28-34(29-31(2)38(30)41)48-26-13-21-36-35-20-9-10-22-37(35)42-39(36)40(45)43-49(46,47)27-25-44(23-11-18-32-14-5-3-6-15-32)24-12-19-33-16-7-4-8-17-33;1-23-20-26(21-24(2)31(23)35)44-18-9-13-28-27-12-6-7-14-29(27)37-32(28)34(41)38-45(42,43)19-16-36-33(40)30-15-8-17-39(30)22-25-10-4-3-5-11-25;1-19-9-6-10-24(15-19)44(41,42)37-33(40)32-26(13-8-14-43-23-16-20(2)30(34)21(3)17-23)25-11-7-12-27(31(25)35-32)29-22(4)38(5)36-28(29)18-39/h3-12,14-20,22,28-29,42H,13,21,23-27H2,1-2H3,(H,43,45);3-8,10-12,14-15,17,20-21,37H,9,13,16,18-19,22H2,1-2H3,(H,36,40)(H,38,41);6-7,9-12,15-17,35,39H,8,13-14,18H2,1-5H3,(H,37,40)/b18-11+,19-12+;;. The van der Waals surface area contributed by atoms with Gasteiger partial charge < -0.3 is 44.2 Å². The van der Waals surface area contributed by atoms with Crippen molar-refractivity contribution in [3.8, 4) is 28.4 Å². The Morgan fingerprint density at radius 2 is 0.899 bits per heavy atom. The van der Waals surface area contributed by atoms with Crippen molar-refractivity contribution >= 4 is 133 Å². The molecule has 15 aromatic rings. The Labute approximate surface area is 820 Å². The van der Waals surface area contributed by atoms with E-state index in [1.54, 1.807) is 53.7 Å². The second-order valence-electron chi connectivity index (χ2n) is 33.8. The zero-order valence-corrected chi connectivity index (χ0v) is 83.0. The van der Waals surface area contributed by atoms with Crippen molar-refractivity contribution in [2.75, 3.05) is 57.5 Å². The van der Waals surface area contributed by atoms with Gasteiger partial charge in [0.15, 0.2) is 0 Å². The fourth-order valence-electron chi connectivity index (χ4n) is 16.4. The number of nitrogens with zero attached hydrogens (tertiary/aromatic N) is 4. The zero-order chi connectivity index (χ0) is 98.4. The average Bonchev–Trinajstić information content (AvgIpc) is 1.60. The zero-order valence-electron chi connectivity index (χ0n) is 78.2. The van der Waals surface area contributed by atoms with E-state index in [4.69, 9.17) is 49.0 Å². The van der Waals surface area contributed by atoms with Crippen LogP contribution in [0.4, 0.5) is 0 Å². The van der Waals surface area contributed by atoms with Crippen LogP contribution in [0.15, 0.2) is 254 Å². The Hall–Kier alpha value is -13.3. The summed E-state index contributed by atoms with van der Waals surface area (Å²) in [5.74, 6) is -1.13. The fourth-order valence-corrected chi connectivity index (χ4v) is 19.6. The number of aromatic amines is 3. The van der Waals surface area contributed by atoms with Gasteiger partial charge in [-0.2, -0.15) is 5.10 Å². The second kappa shape index (κ2) is 47.2. The number of aliphatic hydroxyl groups is 1. The minimum Gasteiger partial charge on any atom is -0.494 e. The minimum atomic E-state index is -4.14. The number of aryl methyl sites for hydroxylation is 11. The number of H-pyrrole nitrogens is 3. The molecule has 0 fully saturated rings. The van der Waals surface area contributed by atoms with Crippen LogP contribution in [-0.2, 0) is 69.5 Å². The molecule has 10 aromatic carbocycles. The van der Waals surface area contributed by atoms with Gasteiger partial charge in [-0.25, -0.2) is 39.4 Å². The van der Waals surface area contributed by atoms with Crippen molar-refractivity contribution < 1.29 is 63.7 Å². The van der Waals surface area contributed by atoms with Gasteiger partial charge in [0.05, 0.1) is 54.0 Å². The van der Waals surface area contributed by atoms with Crippen molar-refractivity contribution in [2.24, 2.45) is 7.05 Å². The number of hydrogen-bond donors (Lipinski definition) is 8. The number of halogens is 3. The number of benzene rings is 10. The van der Waals surface area contributed by atoms with Gasteiger partial charge in [0.2, 0.25) is 20.0 Å². The maximum absolute atomic E-state index is 13.7.